The molecule has 0 spiro atoms. The number of hydrogen-bond acceptors (Lipinski definition) is 3. The molecular weight excluding hydrogens is 322 g/mol. The molecule has 1 heterocycles. The molecule has 0 radical (unpaired) electrons. The summed E-state index contributed by atoms with van der Waals surface area (Å²) in [4.78, 5) is 4.70. The van der Waals surface area contributed by atoms with E-state index in [1.165, 1.54) is 11.6 Å². The Labute approximate surface area is 147 Å². The molecule has 134 valence electrons. The molecule has 1 aliphatic heterocycles. The third-order valence-electron chi connectivity index (χ3n) is 5.02. The number of piperazine rings is 1. The molecular formula is C20H24F2N2O. The topological polar surface area (TPSA) is 26.7 Å². The van der Waals surface area contributed by atoms with Crippen LogP contribution in [0.2, 0.25) is 0 Å². The van der Waals surface area contributed by atoms with E-state index in [0.29, 0.717) is 11.6 Å². The Morgan fingerprint density at radius 2 is 1.56 bits per heavy atom. The van der Waals surface area contributed by atoms with Crippen molar-refractivity contribution in [3.63, 3.8) is 0 Å². The van der Waals surface area contributed by atoms with Crippen molar-refractivity contribution in [2.45, 2.75) is 13.0 Å². The molecule has 1 aliphatic rings. The van der Waals surface area contributed by atoms with Gasteiger partial charge in [-0.15, -0.1) is 0 Å². The van der Waals surface area contributed by atoms with E-state index < -0.39 is 11.6 Å². The van der Waals surface area contributed by atoms with E-state index in [2.05, 4.69) is 28.9 Å². The first kappa shape index (κ1) is 18.0. The second kappa shape index (κ2) is 8.04. The minimum Gasteiger partial charge on any atom is -0.395 e. The van der Waals surface area contributed by atoms with Gasteiger partial charge in [0.05, 0.1) is 6.61 Å². The first-order chi connectivity index (χ1) is 12.1. The maximum atomic E-state index is 13.4. The van der Waals surface area contributed by atoms with Crippen LogP contribution >= 0.6 is 0 Å². The van der Waals surface area contributed by atoms with Crippen LogP contribution in [0, 0.1) is 11.6 Å². The van der Waals surface area contributed by atoms with Crippen molar-refractivity contribution in [1.29, 1.82) is 0 Å². The van der Waals surface area contributed by atoms with Gasteiger partial charge in [0, 0.05) is 38.8 Å². The summed E-state index contributed by atoms with van der Waals surface area (Å²) in [5.41, 5.74) is 2.76. The zero-order chi connectivity index (χ0) is 17.8. The number of aliphatic hydroxyl groups is 1. The van der Waals surface area contributed by atoms with E-state index in [1.54, 1.807) is 6.07 Å². The van der Waals surface area contributed by atoms with Crippen molar-refractivity contribution in [2.24, 2.45) is 0 Å². The van der Waals surface area contributed by atoms with Crippen LogP contribution in [0.3, 0.4) is 0 Å². The number of β-amino-alcohol motifs (C(OH)–C–C–N with tert-alkyl or cyclic N) is 1. The van der Waals surface area contributed by atoms with Crippen LogP contribution in [0.4, 0.5) is 8.78 Å². The molecule has 1 unspecified atom stereocenters. The van der Waals surface area contributed by atoms with Crippen LogP contribution in [-0.2, 0) is 0 Å². The largest absolute Gasteiger partial charge is 0.395 e. The van der Waals surface area contributed by atoms with Crippen LogP contribution in [0.15, 0.2) is 42.5 Å². The summed E-state index contributed by atoms with van der Waals surface area (Å²) in [6.07, 6.45) is 0. The summed E-state index contributed by atoms with van der Waals surface area (Å²) in [5.74, 6) is -1.65. The molecule has 25 heavy (non-hydrogen) atoms. The molecule has 0 aromatic heterocycles. The highest BCUT2D eigenvalue weighted by molar-refractivity contribution is 5.63. The van der Waals surface area contributed by atoms with Crippen molar-refractivity contribution in [3.8, 4) is 11.1 Å². The van der Waals surface area contributed by atoms with Gasteiger partial charge >= 0.3 is 0 Å². The summed E-state index contributed by atoms with van der Waals surface area (Å²) in [6, 6.07) is 12.3. The van der Waals surface area contributed by atoms with Gasteiger partial charge in [-0.25, -0.2) is 8.78 Å². The van der Waals surface area contributed by atoms with Crippen LogP contribution in [0.25, 0.3) is 11.1 Å². The lowest BCUT2D eigenvalue weighted by Crippen LogP contribution is -2.47. The fourth-order valence-electron chi connectivity index (χ4n) is 3.36. The van der Waals surface area contributed by atoms with Gasteiger partial charge in [0.2, 0.25) is 0 Å². The monoisotopic (exact) mass is 346 g/mol. The summed E-state index contributed by atoms with van der Waals surface area (Å²) >= 11 is 0. The Morgan fingerprint density at radius 1 is 0.920 bits per heavy atom. The summed E-state index contributed by atoms with van der Waals surface area (Å²) in [6.45, 7) is 7.04. The van der Waals surface area contributed by atoms with Gasteiger partial charge in [-0.3, -0.25) is 9.80 Å². The maximum Gasteiger partial charge on any atom is 0.159 e. The lowest BCUT2D eigenvalue weighted by Gasteiger charge is -2.38. The second-order valence-corrected chi connectivity index (χ2v) is 6.53. The normalized spacial score (nSPS) is 17.6. The Bertz CT molecular complexity index is 697. The summed E-state index contributed by atoms with van der Waals surface area (Å²) in [7, 11) is 0. The van der Waals surface area contributed by atoms with Gasteiger partial charge in [-0.05, 0) is 35.7 Å². The average Bonchev–Trinajstić information content (AvgIpc) is 2.64. The average molecular weight is 346 g/mol. The lowest BCUT2D eigenvalue weighted by molar-refractivity contribution is 0.0888. The molecule has 1 atom stereocenters. The summed E-state index contributed by atoms with van der Waals surface area (Å²) < 4.78 is 26.5. The van der Waals surface area contributed by atoms with Crippen molar-refractivity contribution in [1.82, 2.24) is 9.80 Å². The standard InChI is InChI=1S/C20H24F2N2O/c1-15(24-10-8-23(9-11-24)12-13-25)16-2-4-17(5-3-16)18-6-7-19(21)20(22)14-18/h2-7,14-15,25H,8-13H2,1H3. The number of aliphatic hydroxyl groups excluding tert-OH is 1. The van der Waals surface area contributed by atoms with Crippen molar-refractivity contribution in [3.05, 3.63) is 59.7 Å². The van der Waals surface area contributed by atoms with Gasteiger partial charge in [-0.1, -0.05) is 30.3 Å². The van der Waals surface area contributed by atoms with Gasteiger partial charge in [0.25, 0.3) is 0 Å². The zero-order valence-corrected chi connectivity index (χ0v) is 14.5. The highest BCUT2D eigenvalue weighted by atomic mass is 19.2. The van der Waals surface area contributed by atoms with E-state index in [-0.39, 0.29) is 6.61 Å². The predicted octanol–water partition coefficient (Wildman–Crippen LogP) is 3.30. The first-order valence-electron chi connectivity index (χ1n) is 8.71. The molecule has 3 nitrogen and oxygen atoms in total. The van der Waals surface area contributed by atoms with Gasteiger partial charge in [0.1, 0.15) is 0 Å². The first-order valence-corrected chi connectivity index (χ1v) is 8.71. The SMILES string of the molecule is CC(c1ccc(-c2ccc(F)c(F)c2)cc1)N1CCN(CCO)CC1. The molecule has 1 fully saturated rings. The van der Waals surface area contributed by atoms with Crippen molar-refractivity contribution < 1.29 is 13.9 Å². The third-order valence-corrected chi connectivity index (χ3v) is 5.02. The fraction of sp³-hybridized carbons (Fsp3) is 0.400. The highest BCUT2D eigenvalue weighted by Gasteiger charge is 2.21. The molecule has 0 saturated carbocycles. The number of halogens is 2. The molecule has 1 saturated heterocycles. The van der Waals surface area contributed by atoms with E-state index in [0.717, 1.165) is 44.4 Å². The minimum absolute atomic E-state index is 0.209. The quantitative estimate of drug-likeness (QED) is 0.900. The third kappa shape index (κ3) is 4.24. The van der Waals surface area contributed by atoms with Gasteiger partial charge in [0.15, 0.2) is 11.6 Å². The molecule has 5 heteroatoms. The van der Waals surface area contributed by atoms with E-state index >= 15 is 0 Å². The number of hydrogen-bond donors (Lipinski definition) is 1. The fourth-order valence-corrected chi connectivity index (χ4v) is 3.36. The van der Waals surface area contributed by atoms with Crippen molar-refractivity contribution >= 4 is 0 Å². The van der Waals surface area contributed by atoms with Gasteiger partial charge in [-0.2, -0.15) is 0 Å². The highest BCUT2D eigenvalue weighted by Crippen LogP contribution is 2.26. The Morgan fingerprint density at radius 3 is 2.16 bits per heavy atom. The molecule has 2 aromatic carbocycles. The predicted molar refractivity (Wildman–Crippen MR) is 95.3 cm³/mol. The van der Waals surface area contributed by atoms with Crippen LogP contribution in [0.5, 0.6) is 0 Å². The maximum absolute atomic E-state index is 13.4. The Kier molecular flexibility index (Phi) is 5.78. The van der Waals surface area contributed by atoms with Crippen LogP contribution in [0.1, 0.15) is 18.5 Å². The molecule has 2 aromatic rings. The van der Waals surface area contributed by atoms with Crippen molar-refractivity contribution in [2.75, 3.05) is 39.3 Å². The second-order valence-electron chi connectivity index (χ2n) is 6.53. The minimum atomic E-state index is -0.825. The zero-order valence-electron chi connectivity index (χ0n) is 14.5. The van der Waals surface area contributed by atoms with Crippen LogP contribution in [-0.4, -0.2) is 54.2 Å². The number of rotatable bonds is 5. The van der Waals surface area contributed by atoms with E-state index in [1.807, 2.05) is 12.1 Å². The van der Waals surface area contributed by atoms with E-state index in [4.69, 9.17) is 5.11 Å². The Balaban J connectivity index is 1.66. The summed E-state index contributed by atoms with van der Waals surface area (Å²) in [5, 5.41) is 9.02. The molecule has 1 N–H and O–H groups in total. The van der Waals surface area contributed by atoms with Gasteiger partial charge < -0.3 is 5.11 Å². The van der Waals surface area contributed by atoms with Crippen LogP contribution < -0.4 is 0 Å². The molecule has 0 amide bonds. The smallest absolute Gasteiger partial charge is 0.159 e. The number of benzene rings is 2. The Hall–Kier alpha value is -1.82. The molecule has 0 bridgehead atoms. The van der Waals surface area contributed by atoms with E-state index in [9.17, 15) is 8.78 Å². The molecule has 3 rings (SSSR count). The lowest BCUT2D eigenvalue weighted by atomic mass is 10.00. The number of nitrogens with zero attached hydrogens (tertiary/aromatic N) is 2. The molecule has 0 aliphatic carbocycles.